The lowest BCUT2D eigenvalue weighted by molar-refractivity contribution is 0.0827. The van der Waals surface area contributed by atoms with Crippen LogP contribution in [-0.4, -0.2) is 42.5 Å². The van der Waals surface area contributed by atoms with Crippen molar-refractivity contribution in [1.29, 1.82) is 0 Å². The minimum Gasteiger partial charge on any atom is -0.491 e. The smallest absolute Gasteiger partial charge is 0.254 e. The number of carbonyl (C=O) groups excluding carboxylic acids is 1. The van der Waals surface area contributed by atoms with Gasteiger partial charge in [0.05, 0.1) is 11.7 Å². The summed E-state index contributed by atoms with van der Waals surface area (Å²) < 4.78 is 5.71. The molecule has 1 aromatic carbocycles. The van der Waals surface area contributed by atoms with Gasteiger partial charge in [0, 0.05) is 26.8 Å². The summed E-state index contributed by atoms with van der Waals surface area (Å²) in [5.41, 5.74) is 1.80. The minimum atomic E-state index is -0.0454. The molecule has 0 fully saturated rings. The van der Waals surface area contributed by atoms with E-state index in [0.717, 1.165) is 24.5 Å². The van der Waals surface area contributed by atoms with Crippen molar-refractivity contribution in [2.45, 2.75) is 26.4 Å². The average molecular weight is 327 g/mol. The molecule has 5 nitrogen and oxygen atoms in total. The van der Waals surface area contributed by atoms with Gasteiger partial charge in [-0.2, -0.15) is 0 Å². The van der Waals surface area contributed by atoms with Crippen LogP contribution in [0.5, 0.6) is 5.75 Å². The Labute approximate surface area is 143 Å². The number of hydrogen-bond acceptors (Lipinski definition) is 4. The molecule has 1 heterocycles. The van der Waals surface area contributed by atoms with Crippen molar-refractivity contribution in [3.05, 3.63) is 53.7 Å². The van der Waals surface area contributed by atoms with Crippen molar-refractivity contribution in [2.75, 3.05) is 26.0 Å². The third kappa shape index (κ3) is 5.26. The lowest BCUT2D eigenvalue weighted by Gasteiger charge is -2.12. The standard InChI is InChI=1S/C19H25N3O2/c1-14(2)24-17-7-5-6-15(12-17)10-11-20-18-9-8-16(13-21-18)19(23)22(3)4/h5-9,12-14H,10-11H2,1-4H3,(H,20,21). The average Bonchev–Trinajstić information content (AvgIpc) is 2.54. The highest BCUT2D eigenvalue weighted by Gasteiger charge is 2.07. The summed E-state index contributed by atoms with van der Waals surface area (Å²) >= 11 is 0. The summed E-state index contributed by atoms with van der Waals surface area (Å²) in [7, 11) is 3.46. The molecule has 0 radical (unpaired) electrons. The molecule has 0 bridgehead atoms. The maximum absolute atomic E-state index is 11.8. The van der Waals surface area contributed by atoms with Crippen molar-refractivity contribution >= 4 is 11.7 Å². The molecule has 0 aliphatic carbocycles. The van der Waals surface area contributed by atoms with Gasteiger partial charge in [0.1, 0.15) is 11.6 Å². The SMILES string of the molecule is CC(C)Oc1cccc(CCNc2ccc(C(=O)N(C)C)cn2)c1. The minimum absolute atomic E-state index is 0.0454. The molecule has 1 amide bonds. The molecule has 0 saturated carbocycles. The Morgan fingerprint density at radius 2 is 2.04 bits per heavy atom. The van der Waals surface area contributed by atoms with Gasteiger partial charge in [0.15, 0.2) is 0 Å². The van der Waals surface area contributed by atoms with E-state index in [1.165, 1.54) is 10.5 Å². The van der Waals surface area contributed by atoms with E-state index in [1.54, 1.807) is 26.4 Å². The monoisotopic (exact) mass is 327 g/mol. The molecule has 0 atom stereocenters. The van der Waals surface area contributed by atoms with Crippen LogP contribution in [0, 0.1) is 0 Å². The lowest BCUT2D eigenvalue weighted by atomic mass is 10.1. The van der Waals surface area contributed by atoms with E-state index in [4.69, 9.17) is 4.74 Å². The van der Waals surface area contributed by atoms with Crippen LogP contribution in [0.3, 0.4) is 0 Å². The number of pyridine rings is 1. The van der Waals surface area contributed by atoms with Crippen molar-refractivity contribution in [3.63, 3.8) is 0 Å². The van der Waals surface area contributed by atoms with Crippen LogP contribution in [0.25, 0.3) is 0 Å². The highest BCUT2D eigenvalue weighted by molar-refractivity contribution is 5.93. The fraction of sp³-hybridized carbons (Fsp3) is 0.368. The lowest BCUT2D eigenvalue weighted by Crippen LogP contribution is -2.21. The van der Waals surface area contributed by atoms with E-state index in [0.29, 0.717) is 5.56 Å². The van der Waals surface area contributed by atoms with Crippen molar-refractivity contribution in [2.24, 2.45) is 0 Å². The van der Waals surface area contributed by atoms with Gasteiger partial charge >= 0.3 is 0 Å². The summed E-state index contributed by atoms with van der Waals surface area (Å²) in [6.07, 6.45) is 2.64. The van der Waals surface area contributed by atoms with Gasteiger partial charge in [0.2, 0.25) is 0 Å². The number of benzene rings is 1. The van der Waals surface area contributed by atoms with Gasteiger partial charge < -0.3 is 15.0 Å². The first-order chi connectivity index (χ1) is 11.5. The Balaban J connectivity index is 1.87. The zero-order valence-corrected chi connectivity index (χ0v) is 14.7. The maximum Gasteiger partial charge on any atom is 0.254 e. The first-order valence-electron chi connectivity index (χ1n) is 8.13. The molecule has 1 N–H and O–H groups in total. The summed E-state index contributed by atoms with van der Waals surface area (Å²) in [6, 6.07) is 11.7. The highest BCUT2D eigenvalue weighted by Crippen LogP contribution is 2.15. The number of carbonyl (C=O) groups is 1. The second kappa shape index (κ2) is 8.34. The summed E-state index contributed by atoms with van der Waals surface area (Å²) in [4.78, 5) is 17.6. The summed E-state index contributed by atoms with van der Waals surface area (Å²) in [5.74, 6) is 1.61. The first-order valence-corrected chi connectivity index (χ1v) is 8.13. The van der Waals surface area contributed by atoms with Crippen LogP contribution in [0.2, 0.25) is 0 Å². The van der Waals surface area contributed by atoms with Crippen molar-refractivity contribution < 1.29 is 9.53 Å². The summed E-state index contributed by atoms with van der Waals surface area (Å²) in [5, 5.41) is 3.27. The molecular formula is C19H25N3O2. The van der Waals surface area contributed by atoms with Gasteiger partial charge in [-0.1, -0.05) is 12.1 Å². The second-order valence-electron chi connectivity index (χ2n) is 6.12. The number of rotatable bonds is 7. The molecule has 0 saturated heterocycles. The molecule has 0 spiro atoms. The zero-order chi connectivity index (χ0) is 17.5. The molecule has 0 aliphatic heterocycles. The maximum atomic E-state index is 11.8. The van der Waals surface area contributed by atoms with Crippen LogP contribution in [0.4, 0.5) is 5.82 Å². The van der Waals surface area contributed by atoms with Gasteiger partial charge in [-0.25, -0.2) is 4.98 Å². The highest BCUT2D eigenvalue weighted by atomic mass is 16.5. The van der Waals surface area contributed by atoms with Crippen LogP contribution >= 0.6 is 0 Å². The van der Waals surface area contributed by atoms with Crippen LogP contribution in [-0.2, 0) is 6.42 Å². The molecule has 5 heteroatoms. The Kier molecular flexibility index (Phi) is 6.18. The molecule has 0 aliphatic rings. The number of nitrogens with one attached hydrogen (secondary N) is 1. The molecule has 128 valence electrons. The molecule has 2 rings (SSSR count). The van der Waals surface area contributed by atoms with E-state index < -0.39 is 0 Å². The van der Waals surface area contributed by atoms with E-state index in [9.17, 15) is 4.79 Å². The molecule has 24 heavy (non-hydrogen) atoms. The van der Waals surface area contributed by atoms with Crippen molar-refractivity contribution in [1.82, 2.24) is 9.88 Å². The fourth-order valence-electron chi connectivity index (χ4n) is 2.26. The van der Waals surface area contributed by atoms with Gasteiger partial charge in [-0.15, -0.1) is 0 Å². The van der Waals surface area contributed by atoms with E-state index in [-0.39, 0.29) is 12.0 Å². The number of anilines is 1. The summed E-state index contributed by atoms with van der Waals surface area (Å²) in [6.45, 7) is 4.80. The number of amides is 1. The van der Waals surface area contributed by atoms with Gasteiger partial charge in [-0.3, -0.25) is 4.79 Å². The predicted octanol–water partition coefficient (Wildman–Crippen LogP) is 3.23. The van der Waals surface area contributed by atoms with Crippen LogP contribution in [0.15, 0.2) is 42.6 Å². The first kappa shape index (κ1) is 17.8. The van der Waals surface area contributed by atoms with E-state index in [2.05, 4.69) is 22.4 Å². The fourth-order valence-corrected chi connectivity index (χ4v) is 2.26. The largest absolute Gasteiger partial charge is 0.491 e. The quantitative estimate of drug-likeness (QED) is 0.848. The normalized spacial score (nSPS) is 10.5. The number of ether oxygens (including phenoxy) is 1. The Hall–Kier alpha value is -2.56. The molecular weight excluding hydrogens is 302 g/mol. The van der Waals surface area contributed by atoms with Crippen LogP contribution < -0.4 is 10.1 Å². The van der Waals surface area contributed by atoms with E-state index in [1.807, 2.05) is 32.0 Å². The molecule has 2 aromatic rings. The number of nitrogens with zero attached hydrogens (tertiary/aromatic N) is 2. The Morgan fingerprint density at radius 3 is 2.67 bits per heavy atom. The Bertz CT molecular complexity index is 667. The van der Waals surface area contributed by atoms with Crippen LogP contribution in [0.1, 0.15) is 29.8 Å². The second-order valence-corrected chi connectivity index (χ2v) is 6.12. The number of hydrogen-bond donors (Lipinski definition) is 1. The van der Waals surface area contributed by atoms with Crippen molar-refractivity contribution in [3.8, 4) is 5.75 Å². The Morgan fingerprint density at radius 1 is 1.25 bits per heavy atom. The topological polar surface area (TPSA) is 54.5 Å². The third-order valence-electron chi connectivity index (χ3n) is 3.41. The predicted molar refractivity (Wildman–Crippen MR) is 96.7 cm³/mol. The molecule has 0 unspecified atom stereocenters. The van der Waals surface area contributed by atoms with Gasteiger partial charge in [0.25, 0.3) is 5.91 Å². The van der Waals surface area contributed by atoms with E-state index >= 15 is 0 Å². The zero-order valence-electron chi connectivity index (χ0n) is 14.7. The van der Waals surface area contributed by atoms with Gasteiger partial charge in [-0.05, 0) is 50.1 Å². The number of aromatic nitrogens is 1. The third-order valence-corrected chi connectivity index (χ3v) is 3.41. The molecule has 1 aromatic heterocycles.